The highest BCUT2D eigenvalue weighted by atomic mass is 16.5. The van der Waals surface area contributed by atoms with E-state index in [-0.39, 0.29) is 11.4 Å². The number of hydrazone groups is 1. The summed E-state index contributed by atoms with van der Waals surface area (Å²) in [6.07, 6.45) is 6.99. The molecule has 2 unspecified atom stereocenters. The van der Waals surface area contributed by atoms with Crippen molar-refractivity contribution in [2.24, 2.45) is 5.10 Å². The fourth-order valence-electron chi connectivity index (χ4n) is 4.91. The zero-order valence-electron chi connectivity index (χ0n) is 18.2. The largest absolute Gasteiger partial charge is 0.493 e. The van der Waals surface area contributed by atoms with Crippen LogP contribution in [0.1, 0.15) is 31.2 Å². The molecule has 2 aromatic rings. The molecule has 2 heterocycles. The second kappa shape index (κ2) is 8.93. The average molecular weight is 424 g/mol. The molecule has 2 amide bonds. The van der Waals surface area contributed by atoms with Gasteiger partial charge in [-0.3, -0.25) is 4.98 Å². The number of ether oxygens (including phenoxy) is 2. The Balaban J connectivity index is 1.49. The number of nitrogens with one attached hydrogen (secondary N) is 2. The van der Waals surface area contributed by atoms with Crippen molar-refractivity contribution in [3.05, 3.63) is 48.3 Å². The van der Waals surface area contributed by atoms with Crippen molar-refractivity contribution >= 4 is 17.4 Å². The van der Waals surface area contributed by atoms with Gasteiger partial charge in [0, 0.05) is 41.7 Å². The maximum atomic E-state index is 12.2. The summed E-state index contributed by atoms with van der Waals surface area (Å²) in [5.41, 5.74) is 5.67. The number of methoxy groups -OCH3 is 2. The quantitative estimate of drug-likeness (QED) is 0.720. The van der Waals surface area contributed by atoms with Crippen LogP contribution in [-0.4, -0.2) is 55.5 Å². The molecule has 1 saturated heterocycles. The van der Waals surface area contributed by atoms with Gasteiger partial charge in [-0.1, -0.05) is 6.07 Å². The van der Waals surface area contributed by atoms with Crippen LogP contribution >= 0.6 is 0 Å². The van der Waals surface area contributed by atoms with Crippen molar-refractivity contribution in [3.63, 3.8) is 0 Å². The number of likely N-dealkylation sites (tertiary alicyclic amines) is 1. The molecular weight excluding hydrogens is 394 g/mol. The number of carbonyl (C=O) groups is 1. The standard InChI is InChI=1S/C23H29N5O3/c1-28-13-10-23(16-4-5-19(30-2)20(14-16)31-3)9-6-18(15-21(23)28)26-27-22(29)25-17-7-11-24-12-8-17/h4-5,7-8,11-12,14,21H,6,9-10,13,15H2,1-3H3,(H2,24,25,27,29). The van der Waals surface area contributed by atoms with E-state index in [1.54, 1.807) is 38.7 Å². The average Bonchev–Trinajstić information content (AvgIpc) is 3.15. The summed E-state index contributed by atoms with van der Waals surface area (Å²) in [4.78, 5) is 18.5. The molecule has 4 rings (SSSR count). The lowest BCUT2D eigenvalue weighted by atomic mass is 9.65. The van der Waals surface area contributed by atoms with Crippen LogP contribution in [0.2, 0.25) is 0 Å². The minimum atomic E-state index is -0.352. The zero-order valence-corrected chi connectivity index (χ0v) is 18.2. The molecule has 164 valence electrons. The normalized spacial score (nSPS) is 24.5. The van der Waals surface area contributed by atoms with Crippen molar-refractivity contribution in [2.45, 2.75) is 37.1 Å². The van der Waals surface area contributed by atoms with Gasteiger partial charge in [0.05, 0.1) is 14.2 Å². The van der Waals surface area contributed by atoms with Crippen LogP contribution in [-0.2, 0) is 5.41 Å². The summed E-state index contributed by atoms with van der Waals surface area (Å²) >= 11 is 0. The van der Waals surface area contributed by atoms with Crippen LogP contribution in [0, 0.1) is 0 Å². The van der Waals surface area contributed by atoms with E-state index in [2.05, 4.69) is 44.9 Å². The highest BCUT2D eigenvalue weighted by Crippen LogP contribution is 2.49. The van der Waals surface area contributed by atoms with Gasteiger partial charge in [-0.05, 0) is 62.7 Å². The Bertz CT molecular complexity index is 965. The van der Waals surface area contributed by atoms with Gasteiger partial charge in [-0.15, -0.1) is 0 Å². The van der Waals surface area contributed by atoms with Crippen LogP contribution < -0.4 is 20.2 Å². The van der Waals surface area contributed by atoms with Crippen molar-refractivity contribution in [3.8, 4) is 11.5 Å². The molecule has 2 N–H and O–H groups in total. The number of benzene rings is 1. The van der Waals surface area contributed by atoms with Crippen molar-refractivity contribution in [1.82, 2.24) is 15.3 Å². The summed E-state index contributed by atoms with van der Waals surface area (Å²) in [5, 5.41) is 7.19. The van der Waals surface area contributed by atoms with Crippen LogP contribution in [0.15, 0.2) is 47.8 Å². The number of fused-ring (bicyclic) bond motifs is 1. The zero-order chi connectivity index (χ0) is 21.8. The van der Waals surface area contributed by atoms with E-state index in [0.717, 1.165) is 49.4 Å². The molecule has 1 aromatic heterocycles. The van der Waals surface area contributed by atoms with Gasteiger partial charge in [0.2, 0.25) is 0 Å². The van der Waals surface area contributed by atoms with Gasteiger partial charge in [0.25, 0.3) is 0 Å². The maximum absolute atomic E-state index is 12.2. The van der Waals surface area contributed by atoms with E-state index in [1.807, 2.05) is 6.07 Å². The Morgan fingerprint density at radius 1 is 1.16 bits per heavy atom. The summed E-state index contributed by atoms with van der Waals surface area (Å²) in [6, 6.07) is 9.71. The van der Waals surface area contributed by atoms with Crippen LogP contribution in [0.3, 0.4) is 0 Å². The summed E-state index contributed by atoms with van der Waals surface area (Å²) in [5.74, 6) is 1.50. The second-order valence-corrected chi connectivity index (χ2v) is 8.16. The number of nitrogens with zero attached hydrogens (tertiary/aromatic N) is 3. The molecule has 1 aliphatic carbocycles. The lowest BCUT2D eigenvalue weighted by Crippen LogP contribution is -2.46. The highest BCUT2D eigenvalue weighted by molar-refractivity contribution is 5.92. The van der Waals surface area contributed by atoms with Crippen LogP contribution in [0.5, 0.6) is 11.5 Å². The van der Waals surface area contributed by atoms with Gasteiger partial charge in [-0.25, -0.2) is 10.2 Å². The topological polar surface area (TPSA) is 88.1 Å². The lowest BCUT2D eigenvalue weighted by Gasteiger charge is -2.42. The third-order valence-electron chi connectivity index (χ3n) is 6.58. The summed E-state index contributed by atoms with van der Waals surface area (Å²) < 4.78 is 11.0. The number of pyridine rings is 1. The third-order valence-corrected chi connectivity index (χ3v) is 6.58. The Kier molecular flexibility index (Phi) is 6.08. The van der Waals surface area contributed by atoms with Gasteiger partial charge < -0.3 is 19.7 Å². The number of rotatable bonds is 5. The van der Waals surface area contributed by atoms with E-state index < -0.39 is 0 Å². The first kappa shape index (κ1) is 21.1. The van der Waals surface area contributed by atoms with E-state index in [1.165, 1.54) is 5.56 Å². The Labute approximate surface area is 182 Å². The number of carbonyl (C=O) groups excluding carboxylic acids is 1. The summed E-state index contributed by atoms with van der Waals surface area (Å²) in [7, 11) is 5.49. The molecule has 0 bridgehead atoms. The molecule has 1 aliphatic heterocycles. The number of anilines is 1. The smallest absolute Gasteiger partial charge is 0.339 e. The predicted octanol–water partition coefficient (Wildman–Crippen LogP) is 3.40. The van der Waals surface area contributed by atoms with E-state index in [0.29, 0.717) is 11.7 Å². The summed E-state index contributed by atoms with van der Waals surface area (Å²) in [6.45, 7) is 1.03. The number of hydrogen-bond acceptors (Lipinski definition) is 6. The Morgan fingerprint density at radius 3 is 2.68 bits per heavy atom. The van der Waals surface area contributed by atoms with E-state index in [4.69, 9.17) is 9.47 Å². The maximum Gasteiger partial charge on any atom is 0.339 e. The second-order valence-electron chi connectivity index (χ2n) is 8.16. The molecular formula is C23H29N5O3. The van der Waals surface area contributed by atoms with Gasteiger partial charge >= 0.3 is 6.03 Å². The van der Waals surface area contributed by atoms with Crippen molar-refractivity contribution < 1.29 is 14.3 Å². The monoisotopic (exact) mass is 423 g/mol. The SMILES string of the molecule is COc1ccc(C23CCC(=NNC(=O)Nc4ccncc4)CC2N(C)CC3)cc1OC. The molecule has 2 fully saturated rings. The van der Waals surface area contributed by atoms with Crippen molar-refractivity contribution in [1.29, 1.82) is 0 Å². The molecule has 1 saturated carbocycles. The van der Waals surface area contributed by atoms with E-state index in [9.17, 15) is 4.79 Å². The van der Waals surface area contributed by atoms with Gasteiger partial charge in [0.15, 0.2) is 11.5 Å². The first-order valence-corrected chi connectivity index (χ1v) is 10.5. The third kappa shape index (κ3) is 4.20. The number of aromatic nitrogens is 1. The molecule has 2 atom stereocenters. The Morgan fingerprint density at radius 2 is 1.94 bits per heavy atom. The number of amides is 2. The fourth-order valence-corrected chi connectivity index (χ4v) is 4.91. The number of likely N-dealkylation sites (N-methyl/N-ethyl adjacent to an activating group) is 1. The van der Waals surface area contributed by atoms with Crippen LogP contribution in [0.25, 0.3) is 0 Å². The minimum Gasteiger partial charge on any atom is -0.493 e. The van der Waals surface area contributed by atoms with Crippen molar-refractivity contribution in [2.75, 3.05) is 33.1 Å². The number of urea groups is 1. The van der Waals surface area contributed by atoms with Gasteiger partial charge in [0.1, 0.15) is 0 Å². The highest BCUT2D eigenvalue weighted by Gasteiger charge is 2.49. The fraction of sp³-hybridized carbons (Fsp3) is 0.435. The number of hydrogen-bond donors (Lipinski definition) is 2. The van der Waals surface area contributed by atoms with E-state index >= 15 is 0 Å². The molecule has 8 heteroatoms. The Hall–Kier alpha value is -3.13. The molecule has 2 aliphatic rings. The molecule has 31 heavy (non-hydrogen) atoms. The van der Waals surface area contributed by atoms with Gasteiger partial charge in [-0.2, -0.15) is 5.10 Å². The minimum absolute atomic E-state index is 0.0482. The first-order chi connectivity index (χ1) is 15.1. The molecule has 8 nitrogen and oxygen atoms in total. The molecule has 0 spiro atoms. The molecule has 1 aromatic carbocycles. The lowest BCUT2D eigenvalue weighted by molar-refractivity contribution is 0.225. The molecule has 0 radical (unpaired) electrons. The first-order valence-electron chi connectivity index (χ1n) is 10.5. The van der Waals surface area contributed by atoms with Crippen LogP contribution in [0.4, 0.5) is 10.5 Å². The predicted molar refractivity (Wildman–Crippen MR) is 120 cm³/mol.